The number of benzene rings is 2. The van der Waals surface area contributed by atoms with Gasteiger partial charge in [-0.3, -0.25) is 14.5 Å². The Morgan fingerprint density at radius 1 is 1.04 bits per heavy atom. The summed E-state index contributed by atoms with van der Waals surface area (Å²) < 4.78 is 5.44. The van der Waals surface area contributed by atoms with Crippen LogP contribution in [0.1, 0.15) is 25.0 Å². The maximum atomic E-state index is 12.4. The number of likely N-dealkylation sites (N-methyl/N-ethyl adjacent to an activating group) is 1. The van der Waals surface area contributed by atoms with E-state index in [0.717, 1.165) is 16.9 Å². The fourth-order valence-electron chi connectivity index (χ4n) is 2.86. The number of carbonyl (C=O) groups excluding carboxylic acids is 2. The van der Waals surface area contributed by atoms with E-state index in [1.165, 1.54) is 6.92 Å². The number of nitrogens with one attached hydrogen (secondary N) is 1. The van der Waals surface area contributed by atoms with Gasteiger partial charge in [0.2, 0.25) is 5.91 Å². The van der Waals surface area contributed by atoms with Crippen molar-refractivity contribution >= 4 is 11.7 Å². The molecule has 0 saturated carbocycles. The molecule has 0 heterocycles. The van der Waals surface area contributed by atoms with Gasteiger partial charge < -0.3 is 10.1 Å². The monoisotopic (exact) mass is 368 g/mol. The van der Waals surface area contributed by atoms with Crippen LogP contribution < -0.4 is 10.1 Å². The minimum Gasteiger partial charge on any atom is -0.494 e. The molecule has 1 atom stereocenters. The summed E-state index contributed by atoms with van der Waals surface area (Å²) in [5.41, 5.74) is 2.13. The molecule has 1 amide bonds. The van der Waals surface area contributed by atoms with Gasteiger partial charge in [0, 0.05) is 6.54 Å². The number of hydrogen-bond acceptors (Lipinski definition) is 4. The summed E-state index contributed by atoms with van der Waals surface area (Å²) in [4.78, 5) is 26.2. The van der Waals surface area contributed by atoms with E-state index in [9.17, 15) is 9.59 Å². The molecule has 144 valence electrons. The third-order valence-electron chi connectivity index (χ3n) is 4.21. The maximum Gasteiger partial charge on any atom is 0.234 e. The second-order valence-corrected chi connectivity index (χ2v) is 6.67. The Morgan fingerprint density at radius 3 is 2.30 bits per heavy atom. The van der Waals surface area contributed by atoms with Crippen molar-refractivity contribution in [3.63, 3.8) is 0 Å². The minimum atomic E-state index is -0.501. The number of ketones is 1. The Balaban J connectivity index is 1.85. The van der Waals surface area contributed by atoms with E-state index in [4.69, 9.17) is 4.74 Å². The van der Waals surface area contributed by atoms with E-state index in [1.807, 2.05) is 73.5 Å². The summed E-state index contributed by atoms with van der Waals surface area (Å²) in [5, 5.41) is 2.86. The molecule has 0 aromatic heterocycles. The van der Waals surface area contributed by atoms with Crippen LogP contribution in [0.5, 0.6) is 5.75 Å². The molecule has 0 aliphatic heterocycles. The van der Waals surface area contributed by atoms with Gasteiger partial charge in [-0.1, -0.05) is 42.5 Å². The van der Waals surface area contributed by atoms with Crippen molar-refractivity contribution in [2.45, 2.75) is 32.9 Å². The highest BCUT2D eigenvalue weighted by atomic mass is 16.5. The van der Waals surface area contributed by atoms with Crippen molar-refractivity contribution in [1.29, 1.82) is 0 Å². The van der Waals surface area contributed by atoms with E-state index in [1.54, 1.807) is 0 Å². The average molecular weight is 368 g/mol. The second kappa shape index (κ2) is 10.5. The number of ether oxygens (including phenoxy) is 1. The molecule has 0 bridgehead atoms. The minimum absolute atomic E-state index is 0.0404. The molecule has 0 aliphatic rings. The van der Waals surface area contributed by atoms with Crippen molar-refractivity contribution in [3.8, 4) is 5.75 Å². The first-order chi connectivity index (χ1) is 13.0. The smallest absolute Gasteiger partial charge is 0.234 e. The zero-order valence-electron chi connectivity index (χ0n) is 16.3. The Hall–Kier alpha value is -2.66. The highest BCUT2D eigenvalue weighted by Gasteiger charge is 2.18. The molecular weight excluding hydrogens is 340 g/mol. The third-order valence-corrected chi connectivity index (χ3v) is 4.21. The van der Waals surface area contributed by atoms with Gasteiger partial charge in [0.05, 0.1) is 19.2 Å². The maximum absolute atomic E-state index is 12.4. The van der Waals surface area contributed by atoms with Crippen LogP contribution in [0.25, 0.3) is 0 Å². The number of nitrogens with zero attached hydrogens (tertiary/aromatic N) is 1. The number of amides is 1. The molecule has 2 rings (SSSR count). The van der Waals surface area contributed by atoms with E-state index >= 15 is 0 Å². The van der Waals surface area contributed by atoms with Gasteiger partial charge in [-0.15, -0.1) is 0 Å². The first-order valence-corrected chi connectivity index (χ1v) is 9.22. The molecule has 0 radical (unpaired) electrons. The fraction of sp³-hybridized carbons (Fsp3) is 0.364. The standard InChI is InChI=1S/C22H28N2O3/c1-4-27-20-12-10-19(11-13-20)15-24(3)16-22(26)23-21(17(2)25)14-18-8-6-5-7-9-18/h5-13,21H,4,14-16H2,1-3H3,(H,23,26)/t21-/m1/s1. The topological polar surface area (TPSA) is 58.6 Å². The molecule has 5 nitrogen and oxygen atoms in total. The van der Waals surface area contributed by atoms with Crippen molar-refractivity contribution in [3.05, 3.63) is 65.7 Å². The summed E-state index contributed by atoms with van der Waals surface area (Å²) in [7, 11) is 1.88. The third kappa shape index (κ3) is 7.23. The Bertz CT molecular complexity index is 729. The predicted octanol–water partition coefficient (Wildman–Crippen LogP) is 2.83. The van der Waals surface area contributed by atoms with Crippen LogP contribution in [0.4, 0.5) is 0 Å². The molecular formula is C22H28N2O3. The van der Waals surface area contributed by atoms with Crippen molar-refractivity contribution < 1.29 is 14.3 Å². The average Bonchev–Trinajstić information content (AvgIpc) is 2.63. The van der Waals surface area contributed by atoms with Gasteiger partial charge in [0.15, 0.2) is 5.78 Å². The molecule has 2 aromatic carbocycles. The molecule has 2 aromatic rings. The van der Waals surface area contributed by atoms with E-state index in [-0.39, 0.29) is 18.2 Å². The highest BCUT2D eigenvalue weighted by Crippen LogP contribution is 2.13. The lowest BCUT2D eigenvalue weighted by Crippen LogP contribution is -2.45. The molecule has 1 N–H and O–H groups in total. The lowest BCUT2D eigenvalue weighted by Gasteiger charge is -2.20. The van der Waals surface area contributed by atoms with Gasteiger partial charge >= 0.3 is 0 Å². The van der Waals surface area contributed by atoms with Crippen LogP contribution in [0.15, 0.2) is 54.6 Å². The zero-order valence-corrected chi connectivity index (χ0v) is 16.3. The summed E-state index contributed by atoms with van der Waals surface area (Å²) in [5.74, 6) is 0.646. The molecule has 27 heavy (non-hydrogen) atoms. The SMILES string of the molecule is CCOc1ccc(CN(C)CC(=O)N[C@H](Cc2ccccc2)C(C)=O)cc1. The Kier molecular flexibility index (Phi) is 8.01. The molecule has 5 heteroatoms. The van der Waals surface area contributed by atoms with E-state index < -0.39 is 6.04 Å². The largest absolute Gasteiger partial charge is 0.494 e. The van der Waals surface area contributed by atoms with Crippen LogP contribution in [0.2, 0.25) is 0 Å². The first-order valence-electron chi connectivity index (χ1n) is 9.22. The lowest BCUT2D eigenvalue weighted by molar-refractivity contribution is -0.127. The highest BCUT2D eigenvalue weighted by molar-refractivity contribution is 5.88. The van der Waals surface area contributed by atoms with Crippen LogP contribution in [0, 0.1) is 0 Å². The van der Waals surface area contributed by atoms with Crippen molar-refractivity contribution in [2.75, 3.05) is 20.2 Å². The normalized spacial score (nSPS) is 11.9. The van der Waals surface area contributed by atoms with Gasteiger partial charge in [0.25, 0.3) is 0 Å². The van der Waals surface area contributed by atoms with Gasteiger partial charge in [-0.25, -0.2) is 0 Å². The second-order valence-electron chi connectivity index (χ2n) is 6.67. The summed E-state index contributed by atoms with van der Waals surface area (Å²) in [6.07, 6.45) is 0.504. The van der Waals surface area contributed by atoms with Gasteiger partial charge in [-0.2, -0.15) is 0 Å². The lowest BCUT2D eigenvalue weighted by atomic mass is 10.0. The molecule has 0 unspecified atom stereocenters. The van der Waals surface area contributed by atoms with Crippen LogP contribution in [-0.2, 0) is 22.6 Å². The van der Waals surface area contributed by atoms with E-state index in [2.05, 4.69) is 5.32 Å². The number of rotatable bonds is 10. The van der Waals surface area contributed by atoms with Crippen molar-refractivity contribution in [1.82, 2.24) is 10.2 Å². The number of Topliss-reactive ketones (excluding diaryl/α,β-unsaturated/α-hetero) is 1. The Labute approximate surface area is 161 Å². The van der Waals surface area contributed by atoms with E-state index in [0.29, 0.717) is 19.6 Å². The molecule has 0 saturated heterocycles. The predicted molar refractivity (Wildman–Crippen MR) is 107 cm³/mol. The summed E-state index contributed by atoms with van der Waals surface area (Å²) in [6.45, 7) is 4.97. The van der Waals surface area contributed by atoms with Crippen LogP contribution in [-0.4, -0.2) is 42.8 Å². The van der Waals surface area contributed by atoms with Crippen LogP contribution >= 0.6 is 0 Å². The number of carbonyl (C=O) groups is 2. The molecule has 0 spiro atoms. The molecule has 0 fully saturated rings. The molecule has 0 aliphatic carbocycles. The quantitative estimate of drug-likeness (QED) is 0.701. The Morgan fingerprint density at radius 2 is 1.70 bits per heavy atom. The number of hydrogen-bond donors (Lipinski definition) is 1. The van der Waals surface area contributed by atoms with Gasteiger partial charge in [0.1, 0.15) is 5.75 Å². The summed E-state index contributed by atoms with van der Waals surface area (Å²) in [6, 6.07) is 17.1. The van der Waals surface area contributed by atoms with Crippen molar-refractivity contribution in [2.24, 2.45) is 0 Å². The zero-order chi connectivity index (χ0) is 19.6. The van der Waals surface area contributed by atoms with Crippen LogP contribution in [0.3, 0.4) is 0 Å². The fourth-order valence-corrected chi connectivity index (χ4v) is 2.86. The first kappa shape index (κ1) is 20.6. The van der Waals surface area contributed by atoms with Gasteiger partial charge in [-0.05, 0) is 50.6 Å². The summed E-state index contributed by atoms with van der Waals surface area (Å²) >= 11 is 0.